The average Bonchev–Trinajstić information content (AvgIpc) is 3.15. The number of anilines is 1. The molecule has 0 unspecified atom stereocenters. The molecule has 6 nitrogen and oxygen atoms in total. The van der Waals surface area contributed by atoms with Crippen molar-refractivity contribution in [2.24, 2.45) is 5.92 Å². The SMILES string of the molecule is Cc1ccccc1CN1C[C@@H]2c3nc(N4CCC[C@H](C)C4)ncc3CS(=O)(=O)[C@@H]2C1. The van der Waals surface area contributed by atoms with Gasteiger partial charge in [0.25, 0.3) is 0 Å². The highest BCUT2D eigenvalue weighted by atomic mass is 32.2. The van der Waals surface area contributed by atoms with Crippen LogP contribution in [0.5, 0.6) is 0 Å². The summed E-state index contributed by atoms with van der Waals surface area (Å²) >= 11 is 0. The number of fused-ring (bicyclic) bond motifs is 3. The summed E-state index contributed by atoms with van der Waals surface area (Å²) in [4.78, 5) is 14.1. The van der Waals surface area contributed by atoms with E-state index in [4.69, 9.17) is 4.98 Å². The first kappa shape index (κ1) is 19.9. The van der Waals surface area contributed by atoms with Crippen molar-refractivity contribution >= 4 is 15.8 Å². The van der Waals surface area contributed by atoms with Gasteiger partial charge in [-0.15, -0.1) is 0 Å². The Kier molecular flexibility index (Phi) is 5.06. The zero-order chi connectivity index (χ0) is 20.9. The van der Waals surface area contributed by atoms with Gasteiger partial charge in [-0.1, -0.05) is 31.2 Å². The van der Waals surface area contributed by atoms with Crippen molar-refractivity contribution in [3.05, 3.63) is 52.8 Å². The Morgan fingerprint density at radius 2 is 2.00 bits per heavy atom. The van der Waals surface area contributed by atoms with Crippen molar-refractivity contribution in [1.82, 2.24) is 14.9 Å². The molecule has 2 fully saturated rings. The summed E-state index contributed by atoms with van der Waals surface area (Å²) in [7, 11) is -3.19. The van der Waals surface area contributed by atoms with E-state index in [1.807, 2.05) is 6.07 Å². The lowest BCUT2D eigenvalue weighted by Crippen LogP contribution is -2.38. The highest BCUT2D eigenvalue weighted by molar-refractivity contribution is 7.91. The van der Waals surface area contributed by atoms with Gasteiger partial charge in [-0.3, -0.25) is 4.90 Å². The number of nitrogens with zero attached hydrogens (tertiary/aromatic N) is 4. The van der Waals surface area contributed by atoms with Gasteiger partial charge in [-0.2, -0.15) is 0 Å². The van der Waals surface area contributed by atoms with Gasteiger partial charge in [-0.25, -0.2) is 18.4 Å². The Morgan fingerprint density at radius 3 is 2.80 bits per heavy atom. The van der Waals surface area contributed by atoms with E-state index in [0.717, 1.165) is 49.8 Å². The summed E-state index contributed by atoms with van der Waals surface area (Å²) in [5.41, 5.74) is 4.27. The monoisotopic (exact) mass is 426 g/mol. The van der Waals surface area contributed by atoms with Crippen molar-refractivity contribution in [3.8, 4) is 0 Å². The fourth-order valence-electron chi connectivity index (χ4n) is 5.33. The number of benzene rings is 1. The molecule has 0 saturated carbocycles. The minimum absolute atomic E-state index is 0.0632. The van der Waals surface area contributed by atoms with Gasteiger partial charge < -0.3 is 4.90 Å². The second-order valence-electron chi connectivity index (χ2n) is 9.35. The first-order chi connectivity index (χ1) is 14.4. The molecule has 0 amide bonds. The number of rotatable bonds is 3. The summed E-state index contributed by atoms with van der Waals surface area (Å²) in [5.74, 6) is 1.42. The van der Waals surface area contributed by atoms with E-state index in [1.54, 1.807) is 6.20 Å². The van der Waals surface area contributed by atoms with Gasteiger partial charge in [0, 0.05) is 50.4 Å². The first-order valence-corrected chi connectivity index (χ1v) is 12.7. The molecule has 4 heterocycles. The quantitative estimate of drug-likeness (QED) is 0.752. The number of hydrogen-bond donors (Lipinski definition) is 0. The van der Waals surface area contributed by atoms with E-state index in [2.05, 4.69) is 46.8 Å². The van der Waals surface area contributed by atoms with E-state index >= 15 is 0 Å². The van der Waals surface area contributed by atoms with Crippen molar-refractivity contribution in [1.29, 1.82) is 0 Å². The van der Waals surface area contributed by atoms with E-state index in [1.165, 1.54) is 17.5 Å². The largest absolute Gasteiger partial charge is 0.341 e. The van der Waals surface area contributed by atoms with Crippen molar-refractivity contribution in [2.75, 3.05) is 31.1 Å². The van der Waals surface area contributed by atoms with Crippen LogP contribution in [0.4, 0.5) is 5.95 Å². The highest BCUT2D eigenvalue weighted by Crippen LogP contribution is 2.40. The number of piperidine rings is 1. The molecule has 3 aliphatic rings. The topological polar surface area (TPSA) is 66.4 Å². The Morgan fingerprint density at radius 1 is 1.17 bits per heavy atom. The van der Waals surface area contributed by atoms with Crippen molar-refractivity contribution < 1.29 is 8.42 Å². The van der Waals surface area contributed by atoms with E-state index < -0.39 is 9.84 Å². The minimum atomic E-state index is -3.19. The molecule has 2 aromatic rings. The van der Waals surface area contributed by atoms with Crippen LogP contribution in [0.1, 0.15) is 48.1 Å². The number of sulfone groups is 1. The lowest BCUT2D eigenvalue weighted by atomic mass is 9.99. The smallest absolute Gasteiger partial charge is 0.225 e. The zero-order valence-corrected chi connectivity index (χ0v) is 18.6. The molecule has 0 aliphatic carbocycles. The number of aromatic nitrogens is 2. The Balaban J connectivity index is 1.44. The normalized spacial score (nSPS) is 28.2. The summed E-state index contributed by atoms with van der Waals surface area (Å²) in [6, 6.07) is 8.35. The number of likely N-dealkylation sites (tertiary alicyclic amines) is 1. The lowest BCUT2D eigenvalue weighted by Gasteiger charge is -2.32. The van der Waals surface area contributed by atoms with Crippen LogP contribution in [-0.2, 0) is 22.1 Å². The maximum absolute atomic E-state index is 13.0. The molecule has 160 valence electrons. The summed E-state index contributed by atoms with van der Waals surface area (Å²) < 4.78 is 26.1. The Labute approximate surface area is 179 Å². The summed E-state index contributed by atoms with van der Waals surface area (Å²) in [5, 5.41) is -0.364. The molecule has 0 spiro atoms. The maximum Gasteiger partial charge on any atom is 0.225 e. The fraction of sp³-hybridized carbons (Fsp3) is 0.565. The van der Waals surface area contributed by atoms with Gasteiger partial charge in [0.2, 0.25) is 5.95 Å². The molecule has 2 saturated heterocycles. The Hall–Kier alpha value is -1.99. The number of hydrogen-bond acceptors (Lipinski definition) is 6. The van der Waals surface area contributed by atoms with Gasteiger partial charge in [0.15, 0.2) is 9.84 Å². The molecule has 0 N–H and O–H groups in total. The van der Waals surface area contributed by atoms with E-state index in [9.17, 15) is 8.42 Å². The molecule has 0 radical (unpaired) electrons. The van der Waals surface area contributed by atoms with Gasteiger partial charge in [-0.05, 0) is 36.8 Å². The predicted molar refractivity (Wildman–Crippen MR) is 118 cm³/mol. The molecule has 30 heavy (non-hydrogen) atoms. The molecule has 3 atom stereocenters. The molecular formula is C23H30N4O2S. The fourth-order valence-corrected chi connectivity index (χ4v) is 7.35. The third-order valence-electron chi connectivity index (χ3n) is 6.99. The number of aryl methyl sites for hydroxylation is 1. The molecule has 1 aromatic carbocycles. The second-order valence-corrected chi connectivity index (χ2v) is 11.6. The average molecular weight is 427 g/mol. The van der Waals surface area contributed by atoms with Crippen molar-refractivity contribution in [3.63, 3.8) is 0 Å². The van der Waals surface area contributed by atoms with Crippen LogP contribution < -0.4 is 4.90 Å². The first-order valence-electron chi connectivity index (χ1n) is 11.0. The molecular weight excluding hydrogens is 396 g/mol. The highest BCUT2D eigenvalue weighted by Gasteiger charge is 2.47. The van der Waals surface area contributed by atoms with Gasteiger partial charge in [0.1, 0.15) is 0 Å². The van der Waals surface area contributed by atoms with Crippen LogP contribution in [0, 0.1) is 12.8 Å². The van der Waals surface area contributed by atoms with Crippen LogP contribution in [0.25, 0.3) is 0 Å². The lowest BCUT2D eigenvalue weighted by molar-refractivity contribution is 0.326. The predicted octanol–water partition coefficient (Wildman–Crippen LogP) is 2.92. The van der Waals surface area contributed by atoms with Gasteiger partial charge in [0.05, 0.1) is 16.7 Å². The molecule has 3 aliphatic heterocycles. The second kappa shape index (κ2) is 7.61. The van der Waals surface area contributed by atoms with Crippen LogP contribution in [0.15, 0.2) is 30.5 Å². The van der Waals surface area contributed by atoms with Crippen molar-refractivity contribution in [2.45, 2.75) is 50.2 Å². The standard InChI is InChI=1S/C23H30N4O2S/c1-16-6-5-9-27(11-16)23-24-10-19-15-30(28,29)21-14-26(13-20(21)22(19)25-23)12-18-8-4-3-7-17(18)2/h3-4,7-8,10,16,20-21H,5-6,9,11-15H2,1-2H3/t16-,20-,21+/m0/s1. The molecule has 5 rings (SSSR count). The van der Waals surface area contributed by atoms with Gasteiger partial charge >= 0.3 is 0 Å². The molecule has 1 aromatic heterocycles. The van der Waals surface area contributed by atoms with Crippen LogP contribution >= 0.6 is 0 Å². The van der Waals surface area contributed by atoms with Crippen LogP contribution in [-0.4, -0.2) is 54.7 Å². The van der Waals surface area contributed by atoms with E-state index in [-0.39, 0.29) is 16.9 Å². The Bertz CT molecular complexity index is 1050. The maximum atomic E-state index is 13.0. The minimum Gasteiger partial charge on any atom is -0.341 e. The van der Waals surface area contributed by atoms with Crippen LogP contribution in [0.2, 0.25) is 0 Å². The van der Waals surface area contributed by atoms with Crippen LogP contribution in [0.3, 0.4) is 0 Å². The third-order valence-corrected chi connectivity index (χ3v) is 9.10. The molecule has 0 bridgehead atoms. The third kappa shape index (κ3) is 3.62. The zero-order valence-electron chi connectivity index (χ0n) is 17.8. The summed E-state index contributed by atoms with van der Waals surface area (Å²) in [6.07, 6.45) is 4.18. The molecule has 7 heteroatoms. The summed E-state index contributed by atoms with van der Waals surface area (Å²) in [6.45, 7) is 8.45. The van der Waals surface area contributed by atoms with E-state index in [0.29, 0.717) is 12.5 Å².